The zero-order valence-electron chi connectivity index (χ0n) is 16.3. The highest BCUT2D eigenvalue weighted by Gasteiger charge is 2.44. The minimum absolute atomic E-state index is 0.0714. The Bertz CT molecular complexity index is 932. The van der Waals surface area contributed by atoms with Crippen LogP contribution in [0.15, 0.2) is 47.6 Å². The zero-order valence-corrected chi connectivity index (χ0v) is 16.3. The van der Waals surface area contributed by atoms with Gasteiger partial charge in [-0.2, -0.15) is 0 Å². The number of carbonyl (C=O) groups is 1. The van der Waals surface area contributed by atoms with Gasteiger partial charge in [0.25, 0.3) is 0 Å². The van der Waals surface area contributed by atoms with E-state index in [1.165, 1.54) is 7.11 Å². The van der Waals surface area contributed by atoms with Crippen molar-refractivity contribution in [2.45, 2.75) is 18.6 Å². The topological polar surface area (TPSA) is 72.4 Å². The van der Waals surface area contributed by atoms with Crippen molar-refractivity contribution in [3.63, 3.8) is 0 Å². The number of amidine groups is 1. The van der Waals surface area contributed by atoms with E-state index < -0.39 is 29.7 Å². The number of benzene rings is 2. The van der Waals surface area contributed by atoms with E-state index >= 15 is 0 Å². The van der Waals surface area contributed by atoms with E-state index in [-0.39, 0.29) is 24.5 Å². The number of alkyl carbamates (subject to hydrolysis) is 1. The fourth-order valence-electron chi connectivity index (χ4n) is 3.74. The number of nitrogens with one attached hydrogen (secondary N) is 1. The van der Waals surface area contributed by atoms with Crippen LogP contribution in [0.5, 0.6) is 5.75 Å². The van der Waals surface area contributed by atoms with E-state index in [0.29, 0.717) is 19.0 Å². The Labute approximate surface area is 172 Å². The quantitative estimate of drug-likeness (QED) is 0.810. The summed E-state index contributed by atoms with van der Waals surface area (Å²) in [5.74, 6) is -1.71. The molecule has 2 heterocycles. The monoisotopic (exact) mass is 417 g/mol. The number of ether oxygens (including phenoxy) is 2. The van der Waals surface area contributed by atoms with Crippen LogP contribution in [0.25, 0.3) is 0 Å². The minimum Gasteiger partial charge on any atom is -0.497 e. The maximum atomic E-state index is 14.8. The molecular formula is C21H21F2N3O4. The zero-order chi connectivity index (χ0) is 21.1. The number of fused-ring (bicyclic) bond motifs is 1. The highest BCUT2D eigenvalue weighted by molar-refractivity contribution is 5.93. The first-order valence-corrected chi connectivity index (χ1v) is 9.51. The van der Waals surface area contributed by atoms with Crippen LogP contribution in [0, 0.1) is 11.6 Å². The van der Waals surface area contributed by atoms with E-state index in [9.17, 15) is 13.6 Å². The van der Waals surface area contributed by atoms with Gasteiger partial charge in [0.15, 0.2) is 5.84 Å². The lowest BCUT2D eigenvalue weighted by atomic mass is 9.92. The molecule has 2 aliphatic rings. The van der Waals surface area contributed by atoms with Crippen molar-refractivity contribution < 1.29 is 27.9 Å². The molecule has 2 atom stereocenters. The van der Waals surface area contributed by atoms with E-state index in [4.69, 9.17) is 14.3 Å². The Morgan fingerprint density at radius 1 is 1.27 bits per heavy atom. The van der Waals surface area contributed by atoms with Crippen molar-refractivity contribution in [2.75, 3.05) is 26.8 Å². The summed E-state index contributed by atoms with van der Waals surface area (Å²) >= 11 is 0. The van der Waals surface area contributed by atoms with E-state index in [1.807, 2.05) is 35.2 Å². The molecule has 4 rings (SSSR count). The van der Waals surface area contributed by atoms with Gasteiger partial charge in [-0.05, 0) is 5.56 Å². The normalized spacial score (nSPS) is 20.1. The third kappa shape index (κ3) is 4.00. The number of amides is 1. The number of nitrogens with zero attached hydrogens (tertiary/aromatic N) is 2. The van der Waals surface area contributed by atoms with Gasteiger partial charge in [-0.3, -0.25) is 0 Å². The summed E-state index contributed by atoms with van der Waals surface area (Å²) in [5, 5.41) is 6.72. The standard InChI is InChI=1S/C21H21F2N3O4/c1-28-14-9-16(22)18(17(23)10-14)15-11-26-7-8-30-25-20(26)19(15)24-21(27)29-12-13-5-3-2-4-6-13/h2-6,9-10,15,19H,7-8,11-12H2,1H3,(H,24,27)/t15-,19-/m0/s1. The molecule has 7 nitrogen and oxygen atoms in total. The predicted molar refractivity (Wildman–Crippen MR) is 104 cm³/mol. The molecule has 0 bridgehead atoms. The minimum atomic E-state index is -0.800. The highest BCUT2D eigenvalue weighted by Crippen LogP contribution is 2.35. The molecule has 0 spiro atoms. The summed E-state index contributed by atoms with van der Waals surface area (Å²) in [5.41, 5.74) is 0.684. The Morgan fingerprint density at radius 3 is 2.70 bits per heavy atom. The molecular weight excluding hydrogens is 396 g/mol. The molecule has 158 valence electrons. The second-order valence-electron chi connectivity index (χ2n) is 7.02. The average Bonchev–Trinajstić information content (AvgIpc) is 3.10. The number of methoxy groups -OCH3 is 1. The lowest BCUT2D eigenvalue weighted by molar-refractivity contribution is 0.105. The molecule has 9 heteroatoms. The van der Waals surface area contributed by atoms with Crippen LogP contribution in [0.3, 0.4) is 0 Å². The molecule has 0 unspecified atom stereocenters. The molecule has 2 aromatic carbocycles. The third-order valence-corrected chi connectivity index (χ3v) is 5.18. The molecule has 1 fully saturated rings. The van der Waals surface area contributed by atoms with Crippen molar-refractivity contribution in [3.05, 3.63) is 65.2 Å². The van der Waals surface area contributed by atoms with Crippen LogP contribution >= 0.6 is 0 Å². The van der Waals surface area contributed by atoms with Crippen LogP contribution in [0.2, 0.25) is 0 Å². The maximum Gasteiger partial charge on any atom is 0.408 e. The molecule has 0 aromatic heterocycles. The van der Waals surface area contributed by atoms with Crippen molar-refractivity contribution >= 4 is 11.9 Å². The Kier molecular flexibility index (Phi) is 5.69. The van der Waals surface area contributed by atoms with Gasteiger partial charge in [-0.15, -0.1) is 0 Å². The molecule has 30 heavy (non-hydrogen) atoms. The second kappa shape index (κ2) is 8.56. The van der Waals surface area contributed by atoms with Gasteiger partial charge >= 0.3 is 6.09 Å². The van der Waals surface area contributed by atoms with Crippen molar-refractivity contribution in [2.24, 2.45) is 5.16 Å². The van der Waals surface area contributed by atoms with Crippen LogP contribution in [-0.2, 0) is 16.2 Å². The van der Waals surface area contributed by atoms with Gasteiger partial charge < -0.3 is 24.5 Å². The predicted octanol–water partition coefficient (Wildman–Crippen LogP) is 3.01. The summed E-state index contributed by atoms with van der Waals surface area (Å²) in [7, 11) is 1.34. The smallest absolute Gasteiger partial charge is 0.408 e. The largest absolute Gasteiger partial charge is 0.497 e. The van der Waals surface area contributed by atoms with Gasteiger partial charge in [0.1, 0.15) is 36.6 Å². The van der Waals surface area contributed by atoms with E-state index in [1.54, 1.807) is 0 Å². The highest BCUT2D eigenvalue weighted by atomic mass is 19.1. The molecule has 0 aliphatic carbocycles. The van der Waals surface area contributed by atoms with Gasteiger partial charge in [0, 0.05) is 30.2 Å². The summed E-state index contributed by atoms with van der Waals surface area (Å²) < 4.78 is 39.7. The van der Waals surface area contributed by atoms with Gasteiger partial charge in [0.2, 0.25) is 0 Å². The van der Waals surface area contributed by atoms with E-state index in [2.05, 4.69) is 10.5 Å². The number of halogens is 2. The first kappa shape index (κ1) is 19.9. The summed E-state index contributed by atoms with van der Waals surface area (Å²) in [6.07, 6.45) is -0.710. The maximum absolute atomic E-state index is 14.8. The van der Waals surface area contributed by atoms with Gasteiger partial charge in [-0.25, -0.2) is 13.6 Å². The van der Waals surface area contributed by atoms with Crippen molar-refractivity contribution in [1.82, 2.24) is 10.2 Å². The first-order valence-electron chi connectivity index (χ1n) is 9.51. The second-order valence-corrected chi connectivity index (χ2v) is 7.02. The fraction of sp³-hybridized carbons (Fsp3) is 0.333. The average molecular weight is 417 g/mol. The summed E-state index contributed by atoms with van der Waals surface area (Å²) in [4.78, 5) is 19.4. The molecule has 1 amide bonds. The summed E-state index contributed by atoms with van der Waals surface area (Å²) in [6.45, 7) is 1.22. The van der Waals surface area contributed by atoms with Crippen molar-refractivity contribution in [1.29, 1.82) is 0 Å². The van der Waals surface area contributed by atoms with Crippen LogP contribution < -0.4 is 10.1 Å². The number of rotatable bonds is 5. The van der Waals surface area contributed by atoms with Crippen LogP contribution in [-0.4, -0.2) is 49.7 Å². The number of oxime groups is 1. The molecule has 2 aliphatic heterocycles. The van der Waals surface area contributed by atoms with Gasteiger partial charge in [-0.1, -0.05) is 35.5 Å². The Balaban J connectivity index is 1.56. The Morgan fingerprint density at radius 2 is 2.00 bits per heavy atom. The third-order valence-electron chi connectivity index (χ3n) is 5.18. The first-order chi connectivity index (χ1) is 14.6. The number of hydrogen-bond donors (Lipinski definition) is 1. The van der Waals surface area contributed by atoms with E-state index in [0.717, 1.165) is 17.7 Å². The molecule has 0 radical (unpaired) electrons. The fourth-order valence-corrected chi connectivity index (χ4v) is 3.74. The number of hydrogen-bond acceptors (Lipinski definition) is 6. The Hall–Kier alpha value is -3.36. The van der Waals surface area contributed by atoms with Crippen LogP contribution in [0.1, 0.15) is 17.0 Å². The lowest BCUT2D eigenvalue weighted by Gasteiger charge is -2.24. The van der Waals surface area contributed by atoms with Gasteiger partial charge in [0.05, 0.1) is 13.7 Å². The lowest BCUT2D eigenvalue weighted by Crippen LogP contribution is -2.45. The summed E-state index contributed by atoms with van der Waals surface area (Å²) in [6, 6.07) is 10.6. The molecule has 0 saturated carbocycles. The van der Waals surface area contributed by atoms with Crippen molar-refractivity contribution in [3.8, 4) is 5.75 Å². The molecule has 1 N–H and O–H groups in total. The molecule has 1 saturated heterocycles. The van der Waals surface area contributed by atoms with Crippen LogP contribution in [0.4, 0.5) is 13.6 Å². The number of carbonyl (C=O) groups excluding carboxylic acids is 1. The molecule has 2 aromatic rings. The SMILES string of the molecule is COc1cc(F)c([C@@H]2CN3CCON=C3[C@H]2NC(=O)OCc2ccccc2)c(F)c1.